The lowest BCUT2D eigenvalue weighted by molar-refractivity contribution is 0.0490. The highest BCUT2D eigenvalue weighted by Crippen LogP contribution is 2.21. The van der Waals surface area contributed by atoms with Gasteiger partial charge in [0.2, 0.25) is 0 Å². The van der Waals surface area contributed by atoms with Crippen LogP contribution in [0.25, 0.3) is 10.9 Å². The van der Waals surface area contributed by atoms with Crippen LogP contribution in [0.3, 0.4) is 0 Å². The third kappa shape index (κ3) is 2.55. The minimum absolute atomic E-state index is 0.229. The fourth-order valence-corrected chi connectivity index (χ4v) is 1.97. The number of carbonyl (C=O) groups excluding carboxylic acids is 1. The average Bonchev–Trinajstić information content (AvgIpc) is 2.67. The summed E-state index contributed by atoms with van der Waals surface area (Å²) in [5.74, 6) is 0.317. The number of hydrogen-bond donors (Lipinski definition) is 0. The molecule has 0 spiro atoms. The van der Waals surface area contributed by atoms with E-state index in [1.165, 1.54) is 0 Å². The monoisotopic (exact) mass is 245 g/mol. The number of ether oxygens (including phenoxy) is 1. The van der Waals surface area contributed by atoms with Crippen molar-refractivity contribution in [2.45, 2.75) is 20.3 Å². The largest absolute Gasteiger partial charge is 0.462 e. The van der Waals surface area contributed by atoms with Crippen LogP contribution in [0.15, 0.2) is 30.5 Å². The van der Waals surface area contributed by atoms with Gasteiger partial charge in [0.25, 0.3) is 0 Å². The summed E-state index contributed by atoms with van der Waals surface area (Å²) in [6.45, 7) is 4.72. The molecule has 0 aliphatic heterocycles. The van der Waals surface area contributed by atoms with E-state index in [9.17, 15) is 4.79 Å². The Bertz CT molecular complexity index is 555. The van der Waals surface area contributed by atoms with Gasteiger partial charge in [0, 0.05) is 24.1 Å². The predicted molar refractivity (Wildman–Crippen MR) is 72.7 cm³/mol. The van der Waals surface area contributed by atoms with Gasteiger partial charge in [0.1, 0.15) is 0 Å². The van der Waals surface area contributed by atoms with Crippen molar-refractivity contribution in [3.8, 4) is 0 Å². The van der Waals surface area contributed by atoms with Crippen molar-refractivity contribution >= 4 is 16.9 Å². The second kappa shape index (κ2) is 5.25. The maximum atomic E-state index is 12.0. The molecule has 1 heterocycles. The van der Waals surface area contributed by atoms with Crippen LogP contribution in [0.5, 0.6) is 0 Å². The molecule has 3 nitrogen and oxygen atoms in total. The molecular weight excluding hydrogens is 226 g/mol. The Morgan fingerprint density at radius 1 is 1.33 bits per heavy atom. The van der Waals surface area contributed by atoms with Gasteiger partial charge in [-0.2, -0.15) is 0 Å². The van der Waals surface area contributed by atoms with E-state index in [0.29, 0.717) is 18.1 Å². The zero-order chi connectivity index (χ0) is 13.1. The lowest BCUT2D eigenvalue weighted by Crippen LogP contribution is -2.07. The van der Waals surface area contributed by atoms with Crippen LogP contribution >= 0.6 is 0 Å². The van der Waals surface area contributed by atoms with Gasteiger partial charge in [-0.25, -0.2) is 4.79 Å². The molecule has 0 saturated heterocycles. The summed E-state index contributed by atoms with van der Waals surface area (Å²) in [6.07, 6.45) is 2.74. The summed E-state index contributed by atoms with van der Waals surface area (Å²) in [6, 6.07) is 7.86. The normalized spacial score (nSPS) is 11.1. The van der Waals surface area contributed by atoms with Gasteiger partial charge >= 0.3 is 5.97 Å². The van der Waals surface area contributed by atoms with E-state index in [1.54, 1.807) is 0 Å². The highest BCUT2D eigenvalue weighted by molar-refractivity contribution is 6.04. The van der Waals surface area contributed by atoms with Crippen LogP contribution in [-0.2, 0) is 11.8 Å². The Morgan fingerprint density at radius 3 is 2.78 bits per heavy atom. The van der Waals surface area contributed by atoms with E-state index < -0.39 is 0 Å². The SMILES string of the molecule is CC(C)CCOC(=O)c1cn(C)c2ccccc12. The van der Waals surface area contributed by atoms with Crippen molar-refractivity contribution < 1.29 is 9.53 Å². The topological polar surface area (TPSA) is 31.2 Å². The molecule has 96 valence electrons. The van der Waals surface area contributed by atoms with Crippen LogP contribution in [-0.4, -0.2) is 17.1 Å². The summed E-state index contributed by atoms with van der Waals surface area (Å²) in [4.78, 5) is 12.0. The number of benzene rings is 1. The van der Waals surface area contributed by atoms with Crippen LogP contribution < -0.4 is 0 Å². The van der Waals surface area contributed by atoms with Gasteiger partial charge in [0.15, 0.2) is 0 Å². The van der Waals surface area contributed by atoms with Crippen LogP contribution in [0.2, 0.25) is 0 Å². The van der Waals surface area contributed by atoms with Crippen LogP contribution in [0.4, 0.5) is 0 Å². The van der Waals surface area contributed by atoms with Crippen molar-refractivity contribution in [2.24, 2.45) is 13.0 Å². The second-order valence-corrected chi connectivity index (χ2v) is 4.99. The van der Waals surface area contributed by atoms with Gasteiger partial charge in [-0.15, -0.1) is 0 Å². The number of nitrogens with zero attached hydrogens (tertiary/aromatic N) is 1. The van der Waals surface area contributed by atoms with E-state index in [1.807, 2.05) is 42.1 Å². The molecule has 0 N–H and O–H groups in total. The molecule has 0 amide bonds. The summed E-state index contributed by atoms with van der Waals surface area (Å²) >= 11 is 0. The molecule has 0 aliphatic carbocycles. The number of esters is 1. The number of aryl methyl sites for hydroxylation is 1. The van der Waals surface area contributed by atoms with Crippen molar-refractivity contribution in [1.29, 1.82) is 0 Å². The lowest BCUT2D eigenvalue weighted by Gasteiger charge is -2.05. The first kappa shape index (κ1) is 12.7. The van der Waals surface area contributed by atoms with Crippen molar-refractivity contribution in [1.82, 2.24) is 4.57 Å². The van der Waals surface area contributed by atoms with Crippen LogP contribution in [0.1, 0.15) is 30.6 Å². The third-order valence-corrected chi connectivity index (χ3v) is 3.05. The molecule has 0 atom stereocenters. The quantitative estimate of drug-likeness (QED) is 0.773. The van der Waals surface area contributed by atoms with E-state index in [4.69, 9.17) is 4.74 Å². The van der Waals surface area contributed by atoms with E-state index >= 15 is 0 Å². The number of aromatic nitrogens is 1. The minimum Gasteiger partial charge on any atom is -0.462 e. The van der Waals surface area contributed by atoms with Crippen LogP contribution in [0, 0.1) is 5.92 Å². The Labute approximate surface area is 107 Å². The maximum absolute atomic E-state index is 12.0. The molecule has 0 radical (unpaired) electrons. The van der Waals surface area contributed by atoms with Crippen molar-refractivity contribution in [3.63, 3.8) is 0 Å². The Balaban J connectivity index is 2.18. The molecule has 3 heteroatoms. The van der Waals surface area contributed by atoms with E-state index in [2.05, 4.69) is 13.8 Å². The first-order chi connectivity index (χ1) is 8.59. The smallest absolute Gasteiger partial charge is 0.340 e. The zero-order valence-electron chi connectivity index (χ0n) is 11.1. The number of rotatable bonds is 4. The Morgan fingerprint density at radius 2 is 2.06 bits per heavy atom. The highest BCUT2D eigenvalue weighted by Gasteiger charge is 2.14. The van der Waals surface area contributed by atoms with Gasteiger partial charge < -0.3 is 9.30 Å². The molecule has 0 aliphatic rings. The fraction of sp³-hybridized carbons (Fsp3) is 0.400. The summed E-state index contributed by atoms with van der Waals surface area (Å²) in [7, 11) is 1.94. The van der Waals surface area contributed by atoms with E-state index in [0.717, 1.165) is 17.3 Å². The van der Waals surface area contributed by atoms with Crippen molar-refractivity contribution in [3.05, 3.63) is 36.0 Å². The van der Waals surface area contributed by atoms with Gasteiger partial charge in [-0.05, 0) is 18.4 Å². The molecule has 0 unspecified atom stereocenters. The number of fused-ring (bicyclic) bond motifs is 1. The molecule has 18 heavy (non-hydrogen) atoms. The molecule has 0 fully saturated rings. The average molecular weight is 245 g/mol. The van der Waals surface area contributed by atoms with Gasteiger partial charge in [0.05, 0.1) is 12.2 Å². The minimum atomic E-state index is -0.229. The second-order valence-electron chi connectivity index (χ2n) is 4.99. The molecule has 2 rings (SSSR count). The molecule has 0 saturated carbocycles. The summed E-state index contributed by atoms with van der Waals surface area (Å²) < 4.78 is 7.26. The number of hydrogen-bond acceptors (Lipinski definition) is 2. The first-order valence-corrected chi connectivity index (χ1v) is 6.30. The molecule has 1 aromatic carbocycles. The maximum Gasteiger partial charge on any atom is 0.340 e. The molecular formula is C15H19NO2. The molecule has 1 aromatic heterocycles. The Kier molecular flexibility index (Phi) is 3.70. The first-order valence-electron chi connectivity index (χ1n) is 6.30. The third-order valence-electron chi connectivity index (χ3n) is 3.05. The molecule has 2 aromatic rings. The standard InChI is InChI=1S/C15H19NO2/c1-11(2)8-9-18-15(17)13-10-16(3)14-7-5-4-6-12(13)14/h4-7,10-11H,8-9H2,1-3H3. The summed E-state index contributed by atoms with van der Waals surface area (Å²) in [5, 5.41) is 0.953. The zero-order valence-corrected chi connectivity index (χ0v) is 11.1. The number of carbonyl (C=O) groups is 1. The summed E-state index contributed by atoms with van der Waals surface area (Å²) in [5.41, 5.74) is 1.70. The molecule has 0 bridgehead atoms. The fourth-order valence-electron chi connectivity index (χ4n) is 1.97. The van der Waals surface area contributed by atoms with Crippen molar-refractivity contribution in [2.75, 3.05) is 6.61 Å². The number of para-hydroxylation sites is 1. The predicted octanol–water partition coefficient (Wildman–Crippen LogP) is 3.38. The van der Waals surface area contributed by atoms with E-state index in [-0.39, 0.29) is 5.97 Å². The highest BCUT2D eigenvalue weighted by atomic mass is 16.5. The van der Waals surface area contributed by atoms with Gasteiger partial charge in [-0.3, -0.25) is 0 Å². The Hall–Kier alpha value is -1.77. The van der Waals surface area contributed by atoms with Gasteiger partial charge in [-0.1, -0.05) is 32.0 Å². The lowest BCUT2D eigenvalue weighted by atomic mass is 10.1.